The van der Waals surface area contributed by atoms with Gasteiger partial charge in [-0.05, 0) is 36.2 Å². The lowest BCUT2D eigenvalue weighted by Crippen LogP contribution is -2.41. The van der Waals surface area contributed by atoms with Gasteiger partial charge in [-0.25, -0.2) is 4.79 Å². The molecule has 1 heterocycles. The Hall–Kier alpha value is -1.51. The van der Waals surface area contributed by atoms with Crippen LogP contribution in [-0.4, -0.2) is 24.1 Å². The third-order valence-corrected chi connectivity index (χ3v) is 4.67. The first kappa shape index (κ1) is 12.5. The van der Waals surface area contributed by atoms with Crippen molar-refractivity contribution in [3.8, 4) is 0 Å². The first-order chi connectivity index (χ1) is 9.20. The van der Waals surface area contributed by atoms with Crippen molar-refractivity contribution in [3.63, 3.8) is 0 Å². The van der Waals surface area contributed by atoms with Gasteiger partial charge in [0.25, 0.3) is 0 Å². The molecule has 1 amide bonds. The summed E-state index contributed by atoms with van der Waals surface area (Å²) in [5.74, 6) is 0.775. The molecule has 2 fully saturated rings. The van der Waals surface area contributed by atoms with Crippen molar-refractivity contribution in [1.29, 1.82) is 0 Å². The molecule has 3 nitrogen and oxygen atoms in total. The van der Waals surface area contributed by atoms with Gasteiger partial charge in [-0.2, -0.15) is 0 Å². The summed E-state index contributed by atoms with van der Waals surface area (Å²) in [6.45, 7) is 4.40. The van der Waals surface area contributed by atoms with Crippen LogP contribution in [0, 0.1) is 11.3 Å². The Morgan fingerprint density at radius 2 is 2.16 bits per heavy atom. The molecule has 1 unspecified atom stereocenters. The van der Waals surface area contributed by atoms with Crippen molar-refractivity contribution in [2.75, 3.05) is 13.1 Å². The fraction of sp³-hybridized carbons (Fsp3) is 0.562. The Balaban J connectivity index is 1.53. The quantitative estimate of drug-likeness (QED) is 0.814. The molecular weight excluding hydrogens is 238 g/mol. The third kappa shape index (κ3) is 2.60. The molecule has 2 aliphatic rings. The summed E-state index contributed by atoms with van der Waals surface area (Å²) in [6, 6.07) is 9.85. The van der Waals surface area contributed by atoms with E-state index in [1.807, 2.05) is 35.2 Å². The van der Waals surface area contributed by atoms with Gasteiger partial charge >= 0.3 is 6.09 Å². The van der Waals surface area contributed by atoms with Crippen molar-refractivity contribution in [3.05, 3.63) is 35.9 Å². The lowest BCUT2D eigenvalue weighted by atomic mass is 9.93. The maximum atomic E-state index is 12.1. The average Bonchev–Trinajstić information content (AvgIpc) is 3.06. The second-order valence-corrected chi connectivity index (χ2v) is 6.03. The predicted molar refractivity (Wildman–Crippen MR) is 73.6 cm³/mol. The van der Waals surface area contributed by atoms with Crippen LogP contribution in [0.15, 0.2) is 30.3 Å². The highest BCUT2D eigenvalue weighted by Gasteiger charge is 2.53. The van der Waals surface area contributed by atoms with Crippen LogP contribution < -0.4 is 0 Å². The number of hydrogen-bond donors (Lipinski definition) is 0. The van der Waals surface area contributed by atoms with E-state index in [1.54, 1.807) is 0 Å². The van der Waals surface area contributed by atoms with E-state index < -0.39 is 0 Å². The second-order valence-electron chi connectivity index (χ2n) is 6.03. The fourth-order valence-corrected chi connectivity index (χ4v) is 3.25. The van der Waals surface area contributed by atoms with Gasteiger partial charge in [0.05, 0.1) is 0 Å². The minimum Gasteiger partial charge on any atom is -0.445 e. The molecule has 1 saturated carbocycles. The molecule has 1 spiro atoms. The molecule has 0 radical (unpaired) electrons. The number of piperidine rings is 1. The van der Waals surface area contributed by atoms with Crippen molar-refractivity contribution in [2.24, 2.45) is 11.3 Å². The number of rotatable bonds is 2. The van der Waals surface area contributed by atoms with Gasteiger partial charge in [0, 0.05) is 13.1 Å². The number of carbonyl (C=O) groups is 1. The molecule has 3 heteroatoms. The minimum absolute atomic E-state index is 0.151. The zero-order valence-electron chi connectivity index (χ0n) is 11.5. The van der Waals surface area contributed by atoms with Gasteiger partial charge in [0.15, 0.2) is 0 Å². The van der Waals surface area contributed by atoms with Crippen molar-refractivity contribution in [1.82, 2.24) is 4.90 Å². The molecule has 1 aromatic carbocycles. The van der Waals surface area contributed by atoms with E-state index in [0.717, 1.165) is 31.0 Å². The van der Waals surface area contributed by atoms with Crippen LogP contribution in [-0.2, 0) is 11.3 Å². The summed E-state index contributed by atoms with van der Waals surface area (Å²) in [7, 11) is 0. The molecule has 0 N–H and O–H groups in total. The van der Waals surface area contributed by atoms with Crippen LogP contribution in [0.4, 0.5) is 4.79 Å². The summed E-state index contributed by atoms with van der Waals surface area (Å²) in [5, 5.41) is 0. The molecule has 3 rings (SSSR count). The third-order valence-electron chi connectivity index (χ3n) is 4.67. The summed E-state index contributed by atoms with van der Waals surface area (Å²) in [6.07, 6.45) is 3.51. The predicted octanol–water partition coefficient (Wildman–Crippen LogP) is 3.45. The summed E-state index contributed by atoms with van der Waals surface area (Å²) in [4.78, 5) is 14.0. The normalized spacial score (nSPS) is 29.3. The monoisotopic (exact) mass is 259 g/mol. The number of carbonyl (C=O) groups excluding carboxylic acids is 1. The first-order valence-electron chi connectivity index (χ1n) is 7.15. The molecule has 102 valence electrons. The van der Waals surface area contributed by atoms with Gasteiger partial charge < -0.3 is 9.64 Å². The van der Waals surface area contributed by atoms with E-state index in [-0.39, 0.29) is 6.09 Å². The van der Waals surface area contributed by atoms with Crippen LogP contribution in [0.25, 0.3) is 0 Å². The van der Waals surface area contributed by atoms with E-state index in [9.17, 15) is 4.79 Å². The van der Waals surface area contributed by atoms with E-state index >= 15 is 0 Å². The highest BCUT2D eigenvalue weighted by atomic mass is 16.6. The topological polar surface area (TPSA) is 29.5 Å². The molecule has 0 aromatic heterocycles. The molecule has 0 bridgehead atoms. The number of nitrogens with zero attached hydrogens (tertiary/aromatic N) is 1. The van der Waals surface area contributed by atoms with Crippen LogP contribution >= 0.6 is 0 Å². The van der Waals surface area contributed by atoms with Gasteiger partial charge in [-0.15, -0.1) is 0 Å². The number of ether oxygens (including phenoxy) is 1. The molecule has 19 heavy (non-hydrogen) atoms. The fourth-order valence-electron chi connectivity index (χ4n) is 3.25. The number of likely N-dealkylation sites (tertiary alicyclic amines) is 1. The Morgan fingerprint density at radius 3 is 2.84 bits per heavy atom. The van der Waals surface area contributed by atoms with Crippen LogP contribution in [0.5, 0.6) is 0 Å². The van der Waals surface area contributed by atoms with E-state index in [2.05, 4.69) is 6.92 Å². The standard InChI is InChI=1S/C16H21NO2/c1-13-10-16(13)8-5-9-17(12-16)15(18)19-11-14-6-3-2-4-7-14/h2-4,6-7,13H,5,8-12H2,1H3/t13-,16?/m1/s1. The lowest BCUT2D eigenvalue weighted by Gasteiger charge is -2.32. The maximum Gasteiger partial charge on any atom is 0.410 e. The van der Waals surface area contributed by atoms with Crippen LogP contribution in [0.3, 0.4) is 0 Å². The zero-order valence-corrected chi connectivity index (χ0v) is 11.5. The van der Waals surface area contributed by atoms with Crippen molar-refractivity contribution >= 4 is 6.09 Å². The van der Waals surface area contributed by atoms with Crippen LogP contribution in [0.1, 0.15) is 31.7 Å². The maximum absolute atomic E-state index is 12.1. The van der Waals surface area contributed by atoms with Crippen LogP contribution in [0.2, 0.25) is 0 Å². The molecule has 1 aliphatic heterocycles. The van der Waals surface area contributed by atoms with Crippen molar-refractivity contribution in [2.45, 2.75) is 32.8 Å². The van der Waals surface area contributed by atoms with Gasteiger partial charge in [0.1, 0.15) is 6.61 Å². The Bertz CT molecular complexity index is 459. The molecule has 1 saturated heterocycles. The number of benzene rings is 1. The molecule has 1 aliphatic carbocycles. The highest BCUT2D eigenvalue weighted by molar-refractivity contribution is 5.68. The van der Waals surface area contributed by atoms with Crippen molar-refractivity contribution < 1.29 is 9.53 Å². The number of amides is 1. The van der Waals surface area contributed by atoms with Gasteiger partial charge in [-0.3, -0.25) is 0 Å². The van der Waals surface area contributed by atoms with E-state index in [4.69, 9.17) is 4.74 Å². The molecular formula is C16H21NO2. The number of hydrogen-bond acceptors (Lipinski definition) is 2. The summed E-state index contributed by atoms with van der Waals surface area (Å²) < 4.78 is 5.41. The van der Waals surface area contributed by atoms with Gasteiger partial charge in [0.2, 0.25) is 0 Å². The van der Waals surface area contributed by atoms with E-state index in [0.29, 0.717) is 12.0 Å². The highest BCUT2D eigenvalue weighted by Crippen LogP contribution is 2.57. The van der Waals surface area contributed by atoms with Gasteiger partial charge in [-0.1, -0.05) is 37.3 Å². The van der Waals surface area contributed by atoms with E-state index in [1.165, 1.54) is 12.8 Å². The Labute approximate surface area is 114 Å². The molecule has 2 atom stereocenters. The SMILES string of the molecule is C[C@@H]1CC12CCCN(C(=O)OCc1ccccc1)C2. The lowest BCUT2D eigenvalue weighted by molar-refractivity contribution is 0.0733. The smallest absolute Gasteiger partial charge is 0.410 e. The minimum atomic E-state index is -0.151. The Morgan fingerprint density at radius 1 is 1.42 bits per heavy atom. The first-order valence-corrected chi connectivity index (χ1v) is 7.15. The average molecular weight is 259 g/mol. The summed E-state index contributed by atoms with van der Waals surface area (Å²) in [5.41, 5.74) is 1.46. The molecule has 1 aromatic rings. The second kappa shape index (κ2) is 4.87. The summed E-state index contributed by atoms with van der Waals surface area (Å²) >= 11 is 0. The largest absolute Gasteiger partial charge is 0.445 e. The zero-order chi connectivity index (χ0) is 13.3. The Kier molecular flexibility index (Phi) is 3.21.